The van der Waals surface area contributed by atoms with Gasteiger partial charge in [-0.3, -0.25) is 4.79 Å². The summed E-state index contributed by atoms with van der Waals surface area (Å²) in [5.41, 5.74) is 3.70. The van der Waals surface area contributed by atoms with Gasteiger partial charge < -0.3 is 14.4 Å². The number of hydrogen-bond donors (Lipinski definition) is 0. The van der Waals surface area contributed by atoms with Gasteiger partial charge in [-0.25, -0.2) is 15.0 Å². The molecule has 1 aliphatic heterocycles. The summed E-state index contributed by atoms with van der Waals surface area (Å²) in [6.45, 7) is 4.87. The number of anilines is 1. The number of carbonyl (C=O) groups excluding carboxylic acids is 1. The summed E-state index contributed by atoms with van der Waals surface area (Å²) in [7, 11) is 0. The van der Waals surface area contributed by atoms with Gasteiger partial charge in [0.25, 0.3) is 0 Å². The summed E-state index contributed by atoms with van der Waals surface area (Å²) >= 11 is 6.36. The van der Waals surface area contributed by atoms with Crippen molar-refractivity contribution in [2.45, 2.75) is 13.5 Å². The molecule has 0 spiro atoms. The number of carbonyl (C=O) groups is 1. The SMILES string of the molecule is Cc1ccc(-c2cn(CC(=O)N3CCN(c4ncccn4)CC3)c(-c3ccccc3)n2)cc1Cl. The first-order chi connectivity index (χ1) is 16.6. The van der Waals surface area contributed by atoms with Crippen LogP contribution in [-0.2, 0) is 11.3 Å². The summed E-state index contributed by atoms with van der Waals surface area (Å²) in [5.74, 6) is 1.53. The van der Waals surface area contributed by atoms with E-state index in [1.807, 2.05) is 71.1 Å². The first-order valence-electron chi connectivity index (χ1n) is 11.3. The maximum Gasteiger partial charge on any atom is 0.242 e. The third-order valence-electron chi connectivity index (χ3n) is 6.05. The minimum atomic E-state index is 0.0664. The molecule has 4 aromatic rings. The highest BCUT2D eigenvalue weighted by atomic mass is 35.5. The Morgan fingerprint density at radius 1 is 0.941 bits per heavy atom. The fourth-order valence-electron chi connectivity index (χ4n) is 4.10. The lowest BCUT2D eigenvalue weighted by Crippen LogP contribution is -2.50. The zero-order chi connectivity index (χ0) is 23.5. The second-order valence-electron chi connectivity index (χ2n) is 8.32. The zero-order valence-corrected chi connectivity index (χ0v) is 19.7. The van der Waals surface area contributed by atoms with Gasteiger partial charge in [0.1, 0.15) is 12.4 Å². The molecular weight excluding hydrogens is 448 g/mol. The van der Waals surface area contributed by atoms with Crippen LogP contribution in [0.15, 0.2) is 73.2 Å². The number of aromatic nitrogens is 4. The fourth-order valence-corrected chi connectivity index (χ4v) is 4.28. The Morgan fingerprint density at radius 2 is 1.68 bits per heavy atom. The normalized spacial score (nSPS) is 13.8. The van der Waals surface area contributed by atoms with Crippen molar-refractivity contribution < 1.29 is 4.79 Å². The Morgan fingerprint density at radius 3 is 2.38 bits per heavy atom. The maximum absolute atomic E-state index is 13.2. The van der Waals surface area contributed by atoms with E-state index < -0.39 is 0 Å². The molecule has 8 heteroatoms. The molecule has 1 aliphatic rings. The molecule has 5 rings (SSSR count). The van der Waals surface area contributed by atoms with Crippen molar-refractivity contribution in [2.24, 2.45) is 0 Å². The number of benzene rings is 2. The van der Waals surface area contributed by atoms with Crippen LogP contribution in [-0.4, -0.2) is 56.5 Å². The van der Waals surface area contributed by atoms with Gasteiger partial charge in [0.2, 0.25) is 11.9 Å². The van der Waals surface area contributed by atoms with Gasteiger partial charge in [-0.15, -0.1) is 0 Å². The van der Waals surface area contributed by atoms with Gasteiger partial charge >= 0.3 is 0 Å². The van der Waals surface area contributed by atoms with Crippen LogP contribution in [0.5, 0.6) is 0 Å². The second-order valence-corrected chi connectivity index (χ2v) is 8.73. The molecule has 1 saturated heterocycles. The molecule has 0 aliphatic carbocycles. The van der Waals surface area contributed by atoms with E-state index in [-0.39, 0.29) is 12.5 Å². The molecule has 34 heavy (non-hydrogen) atoms. The third-order valence-corrected chi connectivity index (χ3v) is 6.46. The van der Waals surface area contributed by atoms with Crippen LogP contribution in [0.1, 0.15) is 5.56 Å². The quantitative estimate of drug-likeness (QED) is 0.433. The standard InChI is InChI=1S/C26H25ClN6O/c1-19-8-9-21(16-22(19)27)23-17-33(25(30-23)20-6-3-2-4-7-20)18-24(34)31-12-14-32(15-13-31)26-28-10-5-11-29-26/h2-11,16-17H,12-15,18H2,1H3. The average Bonchev–Trinajstić information content (AvgIpc) is 3.30. The molecule has 2 aromatic carbocycles. The number of rotatable bonds is 5. The summed E-state index contributed by atoms with van der Waals surface area (Å²) in [5, 5.41) is 0.699. The fraction of sp³-hybridized carbons (Fsp3) is 0.231. The molecule has 3 heterocycles. The lowest BCUT2D eigenvalue weighted by atomic mass is 10.1. The molecule has 7 nitrogen and oxygen atoms in total. The van der Waals surface area contributed by atoms with Crippen molar-refractivity contribution in [3.8, 4) is 22.6 Å². The van der Waals surface area contributed by atoms with Crippen LogP contribution in [0.25, 0.3) is 22.6 Å². The third kappa shape index (κ3) is 4.65. The van der Waals surface area contributed by atoms with Crippen LogP contribution in [0.2, 0.25) is 5.02 Å². The molecule has 0 atom stereocenters. The van der Waals surface area contributed by atoms with Crippen molar-refractivity contribution in [1.82, 2.24) is 24.4 Å². The number of imidazole rings is 1. The molecule has 0 saturated carbocycles. The van der Waals surface area contributed by atoms with Crippen molar-refractivity contribution in [1.29, 1.82) is 0 Å². The largest absolute Gasteiger partial charge is 0.338 e. The van der Waals surface area contributed by atoms with E-state index in [0.29, 0.717) is 37.1 Å². The number of nitrogens with zero attached hydrogens (tertiary/aromatic N) is 6. The summed E-state index contributed by atoms with van der Waals surface area (Å²) in [6.07, 6.45) is 5.42. The summed E-state index contributed by atoms with van der Waals surface area (Å²) in [4.78, 5) is 30.8. The number of hydrogen-bond acceptors (Lipinski definition) is 5. The van der Waals surface area contributed by atoms with Gasteiger partial charge in [-0.1, -0.05) is 54.1 Å². The van der Waals surface area contributed by atoms with Gasteiger partial charge in [0, 0.05) is 60.9 Å². The van der Waals surface area contributed by atoms with Crippen LogP contribution in [0, 0.1) is 6.92 Å². The summed E-state index contributed by atoms with van der Waals surface area (Å²) < 4.78 is 1.94. The maximum atomic E-state index is 13.2. The Balaban J connectivity index is 1.36. The molecule has 1 amide bonds. The smallest absolute Gasteiger partial charge is 0.242 e. The van der Waals surface area contributed by atoms with Gasteiger partial charge in [0.05, 0.1) is 5.69 Å². The minimum Gasteiger partial charge on any atom is -0.338 e. The minimum absolute atomic E-state index is 0.0664. The Labute approximate surface area is 203 Å². The first kappa shape index (κ1) is 22.1. The molecule has 172 valence electrons. The number of halogens is 1. The van der Waals surface area contributed by atoms with E-state index in [0.717, 1.165) is 28.2 Å². The second kappa shape index (κ2) is 9.65. The Kier molecular flexibility index (Phi) is 6.27. The van der Waals surface area contributed by atoms with Crippen molar-refractivity contribution in [2.75, 3.05) is 31.1 Å². The molecule has 2 aromatic heterocycles. The van der Waals surface area contributed by atoms with Crippen molar-refractivity contribution >= 4 is 23.5 Å². The van der Waals surface area contributed by atoms with Crippen LogP contribution in [0.4, 0.5) is 5.95 Å². The molecule has 0 N–H and O–H groups in total. The van der Waals surface area contributed by atoms with E-state index in [1.165, 1.54) is 0 Å². The monoisotopic (exact) mass is 472 g/mol. The molecule has 0 unspecified atom stereocenters. The lowest BCUT2D eigenvalue weighted by Gasteiger charge is -2.34. The Bertz CT molecular complexity index is 1280. The Hall–Kier alpha value is -3.71. The molecule has 0 radical (unpaired) electrons. The summed E-state index contributed by atoms with van der Waals surface area (Å²) in [6, 6.07) is 17.7. The van der Waals surface area contributed by atoms with Crippen LogP contribution < -0.4 is 4.90 Å². The van der Waals surface area contributed by atoms with E-state index in [2.05, 4.69) is 14.9 Å². The predicted molar refractivity (Wildman–Crippen MR) is 134 cm³/mol. The highest BCUT2D eigenvalue weighted by Crippen LogP contribution is 2.28. The predicted octanol–water partition coefficient (Wildman–Crippen LogP) is 4.32. The van der Waals surface area contributed by atoms with E-state index in [4.69, 9.17) is 16.6 Å². The van der Waals surface area contributed by atoms with Crippen LogP contribution >= 0.6 is 11.6 Å². The topological polar surface area (TPSA) is 67.2 Å². The molecular formula is C26H25ClN6O. The average molecular weight is 473 g/mol. The number of piperazine rings is 1. The highest BCUT2D eigenvalue weighted by Gasteiger charge is 2.24. The van der Waals surface area contributed by atoms with Crippen molar-refractivity contribution in [3.05, 3.63) is 83.8 Å². The van der Waals surface area contributed by atoms with Gasteiger partial charge in [-0.2, -0.15) is 0 Å². The lowest BCUT2D eigenvalue weighted by molar-refractivity contribution is -0.132. The van der Waals surface area contributed by atoms with Crippen molar-refractivity contribution in [3.63, 3.8) is 0 Å². The molecule has 1 fully saturated rings. The van der Waals surface area contributed by atoms with Gasteiger partial charge in [0.15, 0.2) is 0 Å². The number of amides is 1. The molecule has 0 bridgehead atoms. The van der Waals surface area contributed by atoms with E-state index in [1.54, 1.807) is 18.5 Å². The first-order valence-corrected chi connectivity index (χ1v) is 11.6. The van der Waals surface area contributed by atoms with E-state index in [9.17, 15) is 4.79 Å². The zero-order valence-electron chi connectivity index (χ0n) is 18.9. The number of aryl methyl sites for hydroxylation is 1. The van der Waals surface area contributed by atoms with Crippen LogP contribution in [0.3, 0.4) is 0 Å². The van der Waals surface area contributed by atoms with E-state index >= 15 is 0 Å². The van der Waals surface area contributed by atoms with Gasteiger partial charge in [-0.05, 0) is 24.6 Å². The highest BCUT2D eigenvalue weighted by molar-refractivity contribution is 6.31.